The number of aliphatic hydroxyl groups is 1. The van der Waals surface area contributed by atoms with Crippen molar-refractivity contribution in [2.45, 2.75) is 45.2 Å². The number of benzene rings is 2. The molecule has 1 aliphatic carbocycles. The van der Waals surface area contributed by atoms with E-state index in [0.29, 0.717) is 12.0 Å². The van der Waals surface area contributed by atoms with Crippen molar-refractivity contribution >= 4 is 18.6 Å². The monoisotopic (exact) mass is 524 g/mol. The smallest absolute Gasteiger partial charge is 0.136 e. The van der Waals surface area contributed by atoms with Crippen LogP contribution in [0, 0.1) is 19.8 Å². The summed E-state index contributed by atoms with van der Waals surface area (Å²) in [4.78, 5) is 22.3. The fourth-order valence-electron chi connectivity index (χ4n) is 4.23. The highest BCUT2D eigenvalue weighted by Gasteiger charge is 2.27. The second kappa shape index (κ2) is 18.6. The Morgan fingerprint density at radius 1 is 1.13 bits per heavy atom. The highest BCUT2D eigenvalue weighted by molar-refractivity contribution is 5.72. The number of likely N-dealkylation sites (N-methyl/N-ethyl adjacent to an activating group) is 2. The van der Waals surface area contributed by atoms with E-state index in [0.717, 1.165) is 51.7 Å². The minimum atomic E-state index is -0.167. The summed E-state index contributed by atoms with van der Waals surface area (Å²) in [5.74, 6) is 0.525. The van der Waals surface area contributed by atoms with Gasteiger partial charge in [-0.2, -0.15) is 0 Å². The van der Waals surface area contributed by atoms with Crippen LogP contribution in [0.2, 0.25) is 0 Å². The Hall–Kier alpha value is -2.68. The van der Waals surface area contributed by atoms with Crippen molar-refractivity contribution in [1.29, 1.82) is 0 Å². The first-order valence-corrected chi connectivity index (χ1v) is 13.3. The highest BCUT2D eigenvalue weighted by Crippen LogP contribution is 2.34. The second-order valence-electron chi connectivity index (χ2n) is 10.0. The van der Waals surface area contributed by atoms with E-state index < -0.39 is 0 Å². The molecular weight excluding hydrogens is 476 g/mol. The van der Waals surface area contributed by atoms with E-state index in [9.17, 15) is 4.79 Å². The molecule has 2 aromatic rings. The van der Waals surface area contributed by atoms with E-state index >= 15 is 0 Å². The van der Waals surface area contributed by atoms with Gasteiger partial charge in [0.1, 0.15) is 13.1 Å². The molecule has 2 unspecified atom stereocenters. The summed E-state index contributed by atoms with van der Waals surface area (Å²) in [5.41, 5.74) is 17.5. The average molecular weight is 525 g/mol. The summed E-state index contributed by atoms with van der Waals surface area (Å²) in [6, 6.07) is 17.7. The maximum Gasteiger partial charge on any atom is 0.136 e. The van der Waals surface area contributed by atoms with Crippen LogP contribution in [0.25, 0.3) is 5.57 Å². The summed E-state index contributed by atoms with van der Waals surface area (Å²) >= 11 is 0. The summed E-state index contributed by atoms with van der Waals surface area (Å²) in [6.45, 7) is 10.1. The normalized spacial score (nSPS) is 17.2. The van der Waals surface area contributed by atoms with Crippen LogP contribution in [0.1, 0.15) is 47.6 Å². The van der Waals surface area contributed by atoms with Crippen LogP contribution in [0.4, 0.5) is 0 Å². The number of hydrogen-bond acceptors (Lipinski definition) is 7. The van der Waals surface area contributed by atoms with Crippen molar-refractivity contribution in [3.05, 3.63) is 76.9 Å². The zero-order chi connectivity index (χ0) is 28.5. The predicted molar refractivity (Wildman–Crippen MR) is 158 cm³/mol. The lowest BCUT2D eigenvalue weighted by Crippen LogP contribution is -2.24. The zero-order valence-corrected chi connectivity index (χ0v) is 23.7. The number of carbonyl (C=O) groups excluding carboxylic acids is 2. The predicted octanol–water partition coefficient (Wildman–Crippen LogP) is 3.37. The van der Waals surface area contributed by atoms with Crippen molar-refractivity contribution in [3.63, 3.8) is 0 Å². The number of carbonyl (C=O) groups is 2. The van der Waals surface area contributed by atoms with Gasteiger partial charge in [-0.25, -0.2) is 0 Å². The van der Waals surface area contributed by atoms with Crippen LogP contribution in [-0.2, 0) is 9.59 Å². The van der Waals surface area contributed by atoms with Crippen molar-refractivity contribution < 1.29 is 14.7 Å². The van der Waals surface area contributed by atoms with Gasteiger partial charge < -0.3 is 31.1 Å². The maximum absolute atomic E-state index is 9.86. The average Bonchev–Trinajstić information content (AvgIpc) is 3.72. The van der Waals surface area contributed by atoms with Gasteiger partial charge >= 0.3 is 0 Å². The van der Waals surface area contributed by atoms with Crippen LogP contribution in [0.3, 0.4) is 0 Å². The zero-order valence-electron chi connectivity index (χ0n) is 23.7. The van der Waals surface area contributed by atoms with Gasteiger partial charge in [0.15, 0.2) is 0 Å². The molecule has 2 aliphatic rings. The molecule has 0 aromatic heterocycles. The quantitative estimate of drug-likeness (QED) is 0.431. The van der Waals surface area contributed by atoms with E-state index in [1.165, 1.54) is 27.8 Å². The van der Waals surface area contributed by atoms with E-state index in [-0.39, 0.29) is 12.6 Å². The van der Waals surface area contributed by atoms with Crippen LogP contribution >= 0.6 is 0 Å². The van der Waals surface area contributed by atoms with Crippen LogP contribution in [-0.4, -0.2) is 80.9 Å². The molecule has 0 radical (unpaired) electrons. The number of hydrogen-bond donors (Lipinski definition) is 3. The van der Waals surface area contributed by atoms with Crippen molar-refractivity contribution in [1.82, 2.24) is 9.80 Å². The number of nitrogens with two attached hydrogens (primary N) is 2. The third-order valence-corrected chi connectivity index (χ3v) is 6.68. The van der Waals surface area contributed by atoms with Crippen LogP contribution in [0.5, 0.6) is 0 Å². The molecule has 1 heterocycles. The molecule has 1 aliphatic heterocycles. The lowest BCUT2D eigenvalue weighted by atomic mass is 9.98. The molecule has 0 saturated heterocycles. The van der Waals surface area contributed by atoms with Gasteiger partial charge in [0.2, 0.25) is 0 Å². The van der Waals surface area contributed by atoms with E-state index in [2.05, 4.69) is 85.3 Å². The molecule has 2 aromatic carbocycles. The van der Waals surface area contributed by atoms with Gasteiger partial charge in [-0.1, -0.05) is 60.2 Å². The van der Waals surface area contributed by atoms with E-state index in [1.54, 1.807) is 0 Å². The molecule has 4 rings (SSSR count). The lowest BCUT2D eigenvalue weighted by molar-refractivity contribution is -0.109. The Kier molecular flexibility index (Phi) is 16.3. The number of aldehydes is 1. The molecule has 5 N–H and O–H groups in total. The van der Waals surface area contributed by atoms with Gasteiger partial charge in [-0.05, 0) is 88.5 Å². The molecule has 210 valence electrons. The van der Waals surface area contributed by atoms with Gasteiger partial charge in [0.05, 0.1) is 18.7 Å². The molecule has 1 saturated carbocycles. The summed E-state index contributed by atoms with van der Waals surface area (Å²) < 4.78 is 0. The maximum atomic E-state index is 9.86. The minimum absolute atomic E-state index is 0.167. The molecule has 0 spiro atoms. The summed E-state index contributed by atoms with van der Waals surface area (Å²) in [7, 11) is 4.18. The standard InChI is InChI=1S/C19H21N.C6H16N2O.C5H9NO.CH2O/c1-14-9-10-15(2)18(11-14)17-12-19(20(3)13-17)16-7-5-4-6-8-16;1-8(5-6-9)4-2-3-7;6-5(3-7)4-1-2-4;1-2/h4-12,19H,13H2,1-3H3;9H,2-7H2,1H3;3-5H,1-2,6H2;1H2. The molecule has 7 nitrogen and oxygen atoms in total. The molecule has 0 bridgehead atoms. The van der Waals surface area contributed by atoms with Crippen molar-refractivity contribution in [2.24, 2.45) is 17.4 Å². The van der Waals surface area contributed by atoms with Gasteiger partial charge in [-0.15, -0.1) is 0 Å². The Balaban J connectivity index is 0.000000333. The van der Waals surface area contributed by atoms with Crippen LogP contribution < -0.4 is 11.5 Å². The first-order valence-electron chi connectivity index (χ1n) is 13.3. The third kappa shape index (κ3) is 11.8. The van der Waals surface area contributed by atoms with Gasteiger partial charge in [0.25, 0.3) is 0 Å². The second-order valence-corrected chi connectivity index (χ2v) is 10.0. The molecule has 2 atom stereocenters. The fraction of sp³-hybridized carbons (Fsp3) is 0.484. The van der Waals surface area contributed by atoms with E-state index in [1.807, 2.05) is 13.8 Å². The van der Waals surface area contributed by atoms with Crippen LogP contribution in [0.15, 0.2) is 54.6 Å². The summed E-state index contributed by atoms with van der Waals surface area (Å²) in [5, 5.41) is 8.46. The first kappa shape index (κ1) is 33.3. The molecule has 7 heteroatoms. The lowest BCUT2D eigenvalue weighted by Gasteiger charge is -2.19. The Morgan fingerprint density at radius 2 is 1.79 bits per heavy atom. The third-order valence-electron chi connectivity index (χ3n) is 6.68. The highest BCUT2D eigenvalue weighted by atomic mass is 16.3. The SMILES string of the molecule is C=O.CN(CCO)CCCN.Cc1ccc(C)c(C2=CC(c3ccccc3)N(C)C2)c1.NC(C=O)C1CC1. The largest absolute Gasteiger partial charge is 0.395 e. The number of nitrogens with zero attached hydrogens (tertiary/aromatic N) is 2. The van der Waals surface area contributed by atoms with Crippen molar-refractivity contribution in [2.75, 3.05) is 46.9 Å². The number of rotatable bonds is 9. The van der Waals surface area contributed by atoms with Gasteiger partial charge in [-0.3, -0.25) is 4.90 Å². The Morgan fingerprint density at radius 3 is 2.32 bits per heavy atom. The van der Waals surface area contributed by atoms with E-state index in [4.69, 9.17) is 21.4 Å². The number of aliphatic hydroxyl groups excluding tert-OH is 1. The first-order chi connectivity index (χ1) is 18.3. The molecule has 1 fully saturated rings. The Labute approximate surface area is 229 Å². The number of aryl methyl sites for hydroxylation is 2. The minimum Gasteiger partial charge on any atom is -0.395 e. The molecule has 38 heavy (non-hydrogen) atoms. The summed E-state index contributed by atoms with van der Waals surface area (Å²) in [6.07, 6.45) is 6.56. The van der Waals surface area contributed by atoms with Gasteiger partial charge in [0, 0.05) is 13.1 Å². The molecular formula is C31H48N4O3. The van der Waals surface area contributed by atoms with Crippen molar-refractivity contribution in [3.8, 4) is 0 Å². The fourth-order valence-corrected chi connectivity index (χ4v) is 4.23. The molecule has 0 amide bonds. The topological polar surface area (TPSA) is 113 Å². The Bertz CT molecular complexity index is 963.